The molecular weight excluding hydrogens is 930 g/mol. The molecule has 0 aromatic heterocycles. The van der Waals surface area contributed by atoms with Crippen LogP contribution in [0.5, 0.6) is 0 Å². The molecule has 0 aliphatic carbocycles. The number of allylic oxidation sites excluding steroid dienone is 4. The van der Waals surface area contributed by atoms with Crippen molar-refractivity contribution in [2.45, 2.75) is 322 Å². The van der Waals surface area contributed by atoms with E-state index in [2.05, 4.69) is 38.2 Å². The van der Waals surface area contributed by atoms with Crippen LogP contribution in [0.15, 0.2) is 24.3 Å². The number of carbonyl (C=O) groups is 2. The molecule has 0 radical (unpaired) electrons. The summed E-state index contributed by atoms with van der Waals surface area (Å²) >= 11 is 0. The second-order valence-corrected chi connectivity index (χ2v) is 24.2. The number of rotatable bonds is 59. The Morgan fingerprint density at radius 3 is 1.14 bits per heavy atom. The molecule has 0 saturated heterocycles. The molecular formula is C63H122NO8P. The number of nitrogens with zero attached hydrogens (tertiary/aromatic N) is 1. The van der Waals surface area contributed by atoms with Crippen LogP contribution >= 0.6 is 7.82 Å². The molecule has 73 heavy (non-hydrogen) atoms. The molecule has 0 N–H and O–H groups in total. The number of ether oxygens (including phenoxy) is 2. The molecule has 432 valence electrons. The molecule has 0 heterocycles. The van der Waals surface area contributed by atoms with Gasteiger partial charge in [0.15, 0.2) is 6.10 Å². The Hall–Kier alpha value is -1.51. The van der Waals surface area contributed by atoms with Crippen LogP contribution in [0.2, 0.25) is 0 Å². The zero-order valence-electron chi connectivity index (χ0n) is 49.1. The summed E-state index contributed by atoms with van der Waals surface area (Å²) in [5.74, 6) is -0.836. The van der Waals surface area contributed by atoms with E-state index in [9.17, 15) is 19.0 Å². The summed E-state index contributed by atoms with van der Waals surface area (Å²) in [6.07, 6.45) is 67.1. The number of esters is 2. The number of carbonyl (C=O) groups excluding carboxylic acids is 2. The summed E-state index contributed by atoms with van der Waals surface area (Å²) < 4.78 is 34.1. The Morgan fingerprint density at radius 1 is 0.425 bits per heavy atom. The van der Waals surface area contributed by atoms with E-state index in [1.807, 2.05) is 21.1 Å². The average molecular weight is 1050 g/mol. The zero-order valence-corrected chi connectivity index (χ0v) is 50.0. The smallest absolute Gasteiger partial charge is 0.306 e. The SMILES string of the molecule is CCC/C=C\C/C=C\CCCCCCCC(=O)OC(COC(=O)CCCCCCCCCCCCCCCCCCCCCCCCCCCCCCCCCCCCCC)COP(=O)([O-])OCC[N+](C)(C)C. The average Bonchev–Trinajstić information content (AvgIpc) is 3.35. The molecule has 0 fully saturated rings. The first kappa shape index (κ1) is 71.5. The predicted octanol–water partition coefficient (Wildman–Crippen LogP) is 19.1. The standard InChI is InChI=1S/C63H122NO8P/c1-6-8-10-12-14-16-18-20-21-22-23-24-25-26-27-28-29-30-31-32-33-34-35-36-37-38-39-40-41-42-44-45-47-49-51-53-55-62(65)69-59-61(60-71-73(67,68)70-58-57-64(3,4)5)72-63(66)56-54-52-50-48-46-43-19-17-15-13-11-9-7-2/h11,13,17,19,61H,6-10,12,14-16,18,20-60H2,1-5H3/b13-11-,19-17-. The molecule has 2 atom stereocenters. The van der Waals surface area contributed by atoms with Gasteiger partial charge < -0.3 is 27.9 Å². The first-order valence-corrected chi connectivity index (χ1v) is 33.0. The fourth-order valence-corrected chi connectivity index (χ4v) is 10.1. The van der Waals surface area contributed by atoms with Gasteiger partial charge in [0.25, 0.3) is 7.82 Å². The number of quaternary nitrogens is 1. The van der Waals surface area contributed by atoms with Crippen molar-refractivity contribution in [2.75, 3.05) is 47.5 Å². The highest BCUT2D eigenvalue weighted by molar-refractivity contribution is 7.45. The summed E-state index contributed by atoms with van der Waals surface area (Å²) in [6.45, 7) is 4.20. The van der Waals surface area contributed by atoms with E-state index in [1.54, 1.807) is 0 Å². The van der Waals surface area contributed by atoms with Crippen LogP contribution in [0.1, 0.15) is 316 Å². The van der Waals surface area contributed by atoms with Crippen molar-refractivity contribution < 1.29 is 42.1 Å². The fraction of sp³-hybridized carbons (Fsp3) is 0.905. The molecule has 0 rings (SSSR count). The Kier molecular flexibility index (Phi) is 54.1. The van der Waals surface area contributed by atoms with Crippen LogP contribution in [-0.2, 0) is 32.7 Å². The van der Waals surface area contributed by atoms with Crippen molar-refractivity contribution in [2.24, 2.45) is 0 Å². The summed E-state index contributed by atoms with van der Waals surface area (Å²) in [5.41, 5.74) is 0. The predicted molar refractivity (Wildman–Crippen MR) is 310 cm³/mol. The monoisotopic (exact) mass is 1050 g/mol. The maximum atomic E-state index is 12.7. The summed E-state index contributed by atoms with van der Waals surface area (Å²) in [7, 11) is 1.17. The maximum Gasteiger partial charge on any atom is 0.306 e. The van der Waals surface area contributed by atoms with Crippen LogP contribution in [-0.4, -0.2) is 70.0 Å². The van der Waals surface area contributed by atoms with E-state index >= 15 is 0 Å². The number of phosphoric ester groups is 1. The quantitative estimate of drug-likeness (QED) is 0.0195. The van der Waals surface area contributed by atoms with Gasteiger partial charge in [0.2, 0.25) is 0 Å². The van der Waals surface area contributed by atoms with E-state index in [1.165, 1.54) is 218 Å². The van der Waals surface area contributed by atoms with Gasteiger partial charge in [-0.25, -0.2) is 0 Å². The van der Waals surface area contributed by atoms with Crippen LogP contribution in [0.25, 0.3) is 0 Å². The minimum Gasteiger partial charge on any atom is -0.756 e. The van der Waals surface area contributed by atoms with E-state index in [0.29, 0.717) is 17.4 Å². The number of hydrogen-bond donors (Lipinski definition) is 0. The van der Waals surface area contributed by atoms with Gasteiger partial charge in [0.05, 0.1) is 27.7 Å². The lowest BCUT2D eigenvalue weighted by Crippen LogP contribution is -2.37. The molecule has 10 heteroatoms. The first-order chi connectivity index (χ1) is 35.5. The highest BCUT2D eigenvalue weighted by Gasteiger charge is 2.22. The van der Waals surface area contributed by atoms with Crippen molar-refractivity contribution in [3.8, 4) is 0 Å². The maximum absolute atomic E-state index is 12.7. The lowest BCUT2D eigenvalue weighted by molar-refractivity contribution is -0.870. The minimum absolute atomic E-state index is 0.0316. The third-order valence-corrected chi connectivity index (χ3v) is 15.2. The van der Waals surface area contributed by atoms with Gasteiger partial charge in [-0.1, -0.05) is 289 Å². The second-order valence-electron chi connectivity index (χ2n) is 22.8. The van der Waals surface area contributed by atoms with Gasteiger partial charge in [-0.15, -0.1) is 0 Å². The van der Waals surface area contributed by atoms with Crippen molar-refractivity contribution >= 4 is 19.8 Å². The van der Waals surface area contributed by atoms with Crippen LogP contribution in [0.4, 0.5) is 0 Å². The number of hydrogen-bond acceptors (Lipinski definition) is 8. The molecule has 0 aliphatic heterocycles. The number of phosphoric acid groups is 1. The highest BCUT2D eigenvalue weighted by atomic mass is 31.2. The van der Waals surface area contributed by atoms with Gasteiger partial charge in [0, 0.05) is 12.8 Å². The lowest BCUT2D eigenvalue weighted by Gasteiger charge is -2.28. The topological polar surface area (TPSA) is 111 Å². The molecule has 2 unspecified atom stereocenters. The van der Waals surface area contributed by atoms with Crippen molar-refractivity contribution in [3.63, 3.8) is 0 Å². The molecule has 0 aromatic rings. The van der Waals surface area contributed by atoms with Crippen LogP contribution in [0, 0.1) is 0 Å². The molecule has 0 aromatic carbocycles. The zero-order chi connectivity index (χ0) is 53.5. The Balaban J connectivity index is 3.86. The summed E-state index contributed by atoms with van der Waals surface area (Å²) in [4.78, 5) is 37.8. The van der Waals surface area contributed by atoms with Crippen molar-refractivity contribution in [1.29, 1.82) is 0 Å². The van der Waals surface area contributed by atoms with E-state index < -0.39 is 26.5 Å². The van der Waals surface area contributed by atoms with Gasteiger partial charge >= 0.3 is 11.9 Å². The first-order valence-electron chi connectivity index (χ1n) is 31.5. The largest absolute Gasteiger partial charge is 0.756 e. The van der Waals surface area contributed by atoms with Gasteiger partial charge in [-0.3, -0.25) is 14.2 Å². The van der Waals surface area contributed by atoms with E-state index in [4.69, 9.17) is 18.5 Å². The summed E-state index contributed by atoms with van der Waals surface area (Å²) in [5, 5.41) is 0. The molecule has 0 spiro atoms. The number of unbranched alkanes of at least 4 members (excludes halogenated alkanes) is 41. The Morgan fingerprint density at radius 2 is 0.767 bits per heavy atom. The van der Waals surface area contributed by atoms with Gasteiger partial charge in [-0.2, -0.15) is 0 Å². The van der Waals surface area contributed by atoms with E-state index in [-0.39, 0.29) is 32.0 Å². The highest BCUT2D eigenvalue weighted by Crippen LogP contribution is 2.38. The van der Waals surface area contributed by atoms with Gasteiger partial charge in [0.1, 0.15) is 19.8 Å². The van der Waals surface area contributed by atoms with Crippen LogP contribution < -0.4 is 4.89 Å². The molecule has 0 amide bonds. The Labute approximate surface area is 453 Å². The molecule has 9 nitrogen and oxygen atoms in total. The number of likely N-dealkylation sites (N-methyl/N-ethyl adjacent to an activating group) is 1. The molecule has 0 aliphatic rings. The molecule has 0 bridgehead atoms. The third kappa shape index (κ3) is 59.6. The van der Waals surface area contributed by atoms with Crippen molar-refractivity contribution in [1.82, 2.24) is 0 Å². The fourth-order valence-electron chi connectivity index (χ4n) is 9.35. The van der Waals surface area contributed by atoms with Crippen molar-refractivity contribution in [3.05, 3.63) is 24.3 Å². The normalized spacial score (nSPS) is 13.3. The lowest BCUT2D eigenvalue weighted by atomic mass is 10.0. The van der Waals surface area contributed by atoms with Gasteiger partial charge in [-0.05, 0) is 38.5 Å². The minimum atomic E-state index is -4.63. The third-order valence-electron chi connectivity index (χ3n) is 14.2. The summed E-state index contributed by atoms with van der Waals surface area (Å²) in [6, 6.07) is 0. The second kappa shape index (κ2) is 55.3. The molecule has 0 saturated carbocycles. The van der Waals surface area contributed by atoms with Crippen LogP contribution in [0.3, 0.4) is 0 Å². The van der Waals surface area contributed by atoms with E-state index in [0.717, 1.165) is 64.2 Å². The Bertz CT molecular complexity index is 1280.